The highest BCUT2D eigenvalue weighted by molar-refractivity contribution is 7.53. The van der Waals surface area contributed by atoms with Crippen LogP contribution in [0, 0.1) is 0 Å². The highest BCUT2D eigenvalue weighted by Gasteiger charge is 2.30. The lowest BCUT2D eigenvalue weighted by atomic mass is 10.1. The molecule has 270 valence electrons. The van der Waals surface area contributed by atoms with Gasteiger partial charge in [-0.3, -0.25) is 9.13 Å². The van der Waals surface area contributed by atoms with Gasteiger partial charge in [0, 0.05) is 11.1 Å². The maximum atomic E-state index is 13.7. The Bertz CT molecular complexity index is 889. The van der Waals surface area contributed by atoms with Crippen molar-refractivity contribution in [2.45, 2.75) is 157 Å². The van der Waals surface area contributed by atoms with Crippen molar-refractivity contribution < 1.29 is 36.7 Å². The number of benzene rings is 1. The predicted octanol–water partition coefficient (Wildman–Crippen LogP) is 12.3. The van der Waals surface area contributed by atoms with Crippen LogP contribution in [0.15, 0.2) is 12.1 Å². The number of hydrogen-bond donors (Lipinski definition) is 0. The summed E-state index contributed by atoms with van der Waals surface area (Å²) in [7, 11) is -6.84. The Hall–Kier alpha value is -0.880. The first kappa shape index (κ1) is 43.1. The molecule has 0 saturated carbocycles. The van der Waals surface area contributed by atoms with E-state index in [9.17, 15) is 9.13 Å². The second-order valence-corrected chi connectivity index (χ2v) is 16.0. The van der Waals surface area contributed by atoms with Gasteiger partial charge in [-0.15, -0.1) is 0 Å². The first-order chi connectivity index (χ1) is 22.3. The molecule has 0 saturated heterocycles. The molecule has 0 fully saturated rings. The van der Waals surface area contributed by atoms with Gasteiger partial charge in [-0.2, -0.15) is 0 Å². The Balaban J connectivity index is 3.21. The Morgan fingerprint density at radius 1 is 0.435 bits per heavy atom. The van der Waals surface area contributed by atoms with Gasteiger partial charge in [0.2, 0.25) is 0 Å². The van der Waals surface area contributed by atoms with Crippen molar-refractivity contribution >= 4 is 15.2 Å². The molecule has 0 aliphatic heterocycles. The summed E-state index contributed by atoms with van der Waals surface area (Å²) in [5, 5.41) is 0. The fourth-order valence-electron chi connectivity index (χ4n) is 5.46. The van der Waals surface area contributed by atoms with Gasteiger partial charge in [0.05, 0.1) is 52.0 Å². The zero-order valence-electron chi connectivity index (χ0n) is 30.3. The zero-order valence-corrected chi connectivity index (χ0v) is 32.1. The molecule has 10 heteroatoms. The van der Waals surface area contributed by atoms with Crippen LogP contribution in [0.25, 0.3) is 0 Å². The van der Waals surface area contributed by atoms with Crippen molar-refractivity contribution in [3.8, 4) is 11.5 Å². The third-order valence-corrected chi connectivity index (χ3v) is 11.8. The summed E-state index contributed by atoms with van der Waals surface area (Å²) < 4.78 is 62.6. The molecular formula is C36H68O8P2. The molecule has 8 nitrogen and oxygen atoms in total. The van der Waals surface area contributed by atoms with E-state index in [2.05, 4.69) is 13.8 Å². The molecule has 0 N–H and O–H groups in total. The van der Waals surface area contributed by atoms with Crippen LogP contribution in [-0.2, 0) is 39.5 Å². The van der Waals surface area contributed by atoms with E-state index in [0.29, 0.717) is 35.8 Å². The molecule has 1 aromatic rings. The molecule has 0 radical (unpaired) electrons. The molecule has 0 atom stereocenters. The summed E-state index contributed by atoms with van der Waals surface area (Å²) in [5.41, 5.74) is 1.39. The Labute approximate surface area is 282 Å². The van der Waals surface area contributed by atoms with Gasteiger partial charge in [0.25, 0.3) is 0 Å². The Morgan fingerprint density at radius 2 is 0.717 bits per heavy atom. The standard InChI is InChI=1S/C36H68O8P2/c1-7-13-15-17-19-21-23-25-27-39-35-29-34(32-46(38,43-11-5)44-12-6)36(40-28-26-24-22-20-18-16-14-8-2)30-33(35)31-45(37,41-9-3)42-10-4/h29-30H,7-28,31-32H2,1-6H3. The van der Waals surface area contributed by atoms with Crippen LogP contribution in [0.2, 0.25) is 0 Å². The molecule has 0 bridgehead atoms. The van der Waals surface area contributed by atoms with Gasteiger partial charge in [0.15, 0.2) is 0 Å². The van der Waals surface area contributed by atoms with Crippen molar-refractivity contribution in [2.24, 2.45) is 0 Å². The van der Waals surface area contributed by atoms with Gasteiger partial charge < -0.3 is 27.6 Å². The summed E-state index contributed by atoms with van der Waals surface area (Å²) in [6, 6.07) is 3.74. The van der Waals surface area contributed by atoms with E-state index in [0.717, 1.165) is 25.7 Å². The van der Waals surface area contributed by atoms with E-state index in [1.54, 1.807) is 0 Å². The molecule has 1 aromatic carbocycles. The molecule has 0 unspecified atom stereocenters. The molecule has 0 amide bonds. The highest BCUT2D eigenvalue weighted by atomic mass is 31.2. The van der Waals surface area contributed by atoms with Crippen LogP contribution >= 0.6 is 15.2 Å². The lowest BCUT2D eigenvalue weighted by molar-refractivity contribution is 0.216. The third kappa shape index (κ3) is 19.2. The topological polar surface area (TPSA) is 89.5 Å². The quantitative estimate of drug-likeness (QED) is 0.0545. The van der Waals surface area contributed by atoms with Gasteiger partial charge in [-0.05, 0) is 52.7 Å². The Kier molecular flexibility index (Phi) is 25.3. The van der Waals surface area contributed by atoms with Gasteiger partial charge in [-0.25, -0.2) is 0 Å². The van der Waals surface area contributed by atoms with Crippen LogP contribution in [0.5, 0.6) is 11.5 Å². The summed E-state index contributed by atoms with van der Waals surface area (Å²) in [4.78, 5) is 0. The summed E-state index contributed by atoms with van der Waals surface area (Å²) in [6.45, 7) is 13.9. The molecule has 46 heavy (non-hydrogen) atoms. The van der Waals surface area contributed by atoms with Crippen molar-refractivity contribution in [1.29, 1.82) is 0 Å². The zero-order chi connectivity index (χ0) is 33.9. The summed E-state index contributed by atoms with van der Waals surface area (Å²) in [6.07, 6.45) is 19.3. The smallest absolute Gasteiger partial charge is 0.335 e. The first-order valence-electron chi connectivity index (χ1n) is 18.5. The minimum Gasteiger partial charge on any atom is -0.493 e. The van der Waals surface area contributed by atoms with E-state index < -0.39 is 15.2 Å². The SMILES string of the molecule is CCCCCCCCCCOc1cc(CP(=O)(OCC)OCC)c(OCCCCCCCCCC)cc1CP(=O)(OCC)OCC. The summed E-state index contributed by atoms with van der Waals surface area (Å²) in [5.74, 6) is 1.16. The number of hydrogen-bond acceptors (Lipinski definition) is 8. The van der Waals surface area contributed by atoms with Crippen molar-refractivity contribution in [2.75, 3.05) is 39.6 Å². The molecule has 0 heterocycles. The predicted molar refractivity (Wildman–Crippen MR) is 192 cm³/mol. The molecule has 0 spiro atoms. The second-order valence-electron chi connectivity index (χ2n) is 11.9. The monoisotopic (exact) mass is 690 g/mol. The number of ether oxygens (including phenoxy) is 2. The van der Waals surface area contributed by atoms with Crippen LogP contribution in [0.1, 0.15) is 155 Å². The van der Waals surface area contributed by atoms with Crippen molar-refractivity contribution in [3.05, 3.63) is 23.3 Å². The van der Waals surface area contributed by atoms with Crippen LogP contribution in [-0.4, -0.2) is 39.6 Å². The van der Waals surface area contributed by atoms with Gasteiger partial charge in [0.1, 0.15) is 11.5 Å². The lowest BCUT2D eigenvalue weighted by Gasteiger charge is -2.23. The van der Waals surface area contributed by atoms with E-state index in [4.69, 9.17) is 27.6 Å². The average molecular weight is 691 g/mol. The lowest BCUT2D eigenvalue weighted by Crippen LogP contribution is -2.08. The fraction of sp³-hybridized carbons (Fsp3) is 0.833. The minimum atomic E-state index is -3.42. The van der Waals surface area contributed by atoms with E-state index >= 15 is 0 Å². The maximum Gasteiger partial charge on any atom is 0.335 e. The largest absolute Gasteiger partial charge is 0.493 e. The van der Waals surface area contributed by atoms with Crippen LogP contribution in [0.4, 0.5) is 0 Å². The van der Waals surface area contributed by atoms with Crippen LogP contribution in [0.3, 0.4) is 0 Å². The first-order valence-corrected chi connectivity index (χ1v) is 21.9. The Morgan fingerprint density at radius 3 is 1.00 bits per heavy atom. The van der Waals surface area contributed by atoms with Crippen LogP contribution < -0.4 is 9.47 Å². The number of rotatable bonds is 32. The summed E-state index contributed by atoms with van der Waals surface area (Å²) >= 11 is 0. The van der Waals surface area contributed by atoms with E-state index in [1.807, 2.05) is 39.8 Å². The van der Waals surface area contributed by atoms with Crippen molar-refractivity contribution in [1.82, 2.24) is 0 Å². The minimum absolute atomic E-state index is 0.0599. The van der Waals surface area contributed by atoms with Crippen molar-refractivity contribution in [3.63, 3.8) is 0 Å². The van der Waals surface area contributed by atoms with E-state index in [-0.39, 0.29) is 38.8 Å². The number of unbranched alkanes of at least 4 members (excludes halogenated alkanes) is 14. The van der Waals surface area contributed by atoms with Gasteiger partial charge >= 0.3 is 15.2 Å². The second kappa shape index (κ2) is 27.0. The molecule has 0 aliphatic carbocycles. The average Bonchev–Trinajstić information content (AvgIpc) is 3.01. The fourth-order valence-corrected chi connectivity index (χ4v) is 8.87. The maximum absolute atomic E-state index is 13.7. The normalized spacial score (nSPS) is 12.1. The molecular weight excluding hydrogens is 622 g/mol. The molecule has 1 rings (SSSR count). The molecule has 0 aromatic heterocycles. The molecule has 0 aliphatic rings. The van der Waals surface area contributed by atoms with Gasteiger partial charge in [-0.1, -0.05) is 104 Å². The third-order valence-electron chi connectivity index (χ3n) is 7.79. The van der Waals surface area contributed by atoms with E-state index in [1.165, 1.54) is 77.0 Å². The highest BCUT2D eigenvalue weighted by Crippen LogP contribution is 2.55.